The number of carbonyl (C=O) groups excluding carboxylic acids is 2. The molecular formula is C22H15ClN2O5. The van der Waals surface area contributed by atoms with E-state index >= 15 is 0 Å². The van der Waals surface area contributed by atoms with Crippen LogP contribution in [-0.2, 0) is 11.3 Å². The first-order chi connectivity index (χ1) is 14.4. The fraction of sp³-hybridized carbons (Fsp3) is 0.0455. The van der Waals surface area contributed by atoms with Gasteiger partial charge in [-0.15, -0.1) is 0 Å². The smallest absolute Gasteiger partial charge is 0.337 e. The lowest BCUT2D eigenvalue weighted by molar-refractivity contribution is -0.123. The quantitative estimate of drug-likeness (QED) is 0.469. The Kier molecular flexibility index (Phi) is 5.12. The molecule has 3 amide bonds. The molecule has 0 bridgehead atoms. The third kappa shape index (κ3) is 3.83. The molecule has 1 fully saturated rings. The third-order valence-electron chi connectivity index (χ3n) is 4.54. The van der Waals surface area contributed by atoms with Crippen molar-refractivity contribution in [1.29, 1.82) is 0 Å². The van der Waals surface area contributed by atoms with Gasteiger partial charge in [0.25, 0.3) is 5.91 Å². The largest absolute Gasteiger partial charge is 0.478 e. The van der Waals surface area contributed by atoms with Crippen LogP contribution in [0, 0.1) is 0 Å². The molecule has 8 heteroatoms. The predicted octanol–water partition coefficient (Wildman–Crippen LogP) is 4.39. The van der Waals surface area contributed by atoms with Crippen molar-refractivity contribution in [3.8, 4) is 11.3 Å². The highest BCUT2D eigenvalue weighted by Crippen LogP contribution is 2.28. The van der Waals surface area contributed by atoms with Gasteiger partial charge in [-0.3, -0.25) is 9.69 Å². The van der Waals surface area contributed by atoms with Gasteiger partial charge in [0.2, 0.25) is 0 Å². The maximum absolute atomic E-state index is 12.6. The molecule has 0 spiro atoms. The fourth-order valence-corrected chi connectivity index (χ4v) is 3.31. The number of hydrogen-bond donors (Lipinski definition) is 2. The van der Waals surface area contributed by atoms with Crippen LogP contribution < -0.4 is 5.32 Å². The van der Waals surface area contributed by atoms with Gasteiger partial charge in [0.15, 0.2) is 0 Å². The molecule has 150 valence electrons. The molecule has 2 aromatic carbocycles. The Morgan fingerprint density at radius 3 is 2.57 bits per heavy atom. The van der Waals surface area contributed by atoms with E-state index in [4.69, 9.17) is 21.1 Å². The van der Waals surface area contributed by atoms with Crippen molar-refractivity contribution in [2.24, 2.45) is 0 Å². The number of nitrogens with one attached hydrogen (secondary N) is 1. The summed E-state index contributed by atoms with van der Waals surface area (Å²) in [6.07, 6.45) is 1.45. The normalized spacial score (nSPS) is 15.0. The van der Waals surface area contributed by atoms with E-state index in [0.29, 0.717) is 17.1 Å². The number of carbonyl (C=O) groups is 3. The molecule has 30 heavy (non-hydrogen) atoms. The number of benzene rings is 2. The molecule has 0 aliphatic carbocycles. The monoisotopic (exact) mass is 422 g/mol. The Morgan fingerprint density at radius 2 is 1.87 bits per heavy atom. The highest BCUT2D eigenvalue weighted by atomic mass is 35.5. The van der Waals surface area contributed by atoms with E-state index in [1.165, 1.54) is 18.2 Å². The zero-order valence-corrected chi connectivity index (χ0v) is 16.2. The van der Waals surface area contributed by atoms with Gasteiger partial charge in [0.1, 0.15) is 17.2 Å². The van der Waals surface area contributed by atoms with Gasteiger partial charge >= 0.3 is 12.0 Å². The van der Waals surface area contributed by atoms with Gasteiger partial charge < -0.3 is 14.8 Å². The summed E-state index contributed by atoms with van der Waals surface area (Å²) < 4.78 is 5.72. The number of halogens is 1. The standard InChI is InChI=1S/C22H15ClN2O5/c23-17-10-14(6-8-16(17)21(27)28)19-9-7-15(30-19)11-18-20(26)25(22(29)24-18)12-13-4-2-1-3-5-13/h1-11H,12H2,(H,24,29)(H,27,28)/b18-11-. The number of aromatic carboxylic acids is 1. The average molecular weight is 423 g/mol. The van der Waals surface area contributed by atoms with E-state index < -0.39 is 17.9 Å². The lowest BCUT2D eigenvalue weighted by atomic mass is 10.1. The molecule has 0 atom stereocenters. The second-order valence-corrected chi connectivity index (χ2v) is 6.97. The summed E-state index contributed by atoms with van der Waals surface area (Å²) in [5, 5.41) is 11.7. The van der Waals surface area contributed by atoms with E-state index in [1.807, 2.05) is 30.3 Å². The Morgan fingerprint density at radius 1 is 1.10 bits per heavy atom. The maximum atomic E-state index is 12.6. The number of furan rings is 1. The number of imide groups is 1. The summed E-state index contributed by atoms with van der Waals surface area (Å²) in [7, 11) is 0. The molecule has 4 rings (SSSR count). The molecule has 7 nitrogen and oxygen atoms in total. The summed E-state index contributed by atoms with van der Waals surface area (Å²) in [5.74, 6) is -0.769. The Hall–Kier alpha value is -3.84. The third-order valence-corrected chi connectivity index (χ3v) is 4.86. The van der Waals surface area contributed by atoms with Crippen LogP contribution in [0.4, 0.5) is 4.79 Å². The number of carboxylic acids is 1. The van der Waals surface area contributed by atoms with Gasteiger partial charge in [0.05, 0.1) is 17.1 Å². The van der Waals surface area contributed by atoms with Crippen LogP contribution in [0.2, 0.25) is 5.02 Å². The first-order valence-corrected chi connectivity index (χ1v) is 9.31. The summed E-state index contributed by atoms with van der Waals surface area (Å²) >= 11 is 6.00. The lowest BCUT2D eigenvalue weighted by Gasteiger charge is -2.11. The molecule has 1 aromatic heterocycles. The summed E-state index contributed by atoms with van der Waals surface area (Å²) in [6.45, 7) is 0.167. The molecule has 2 N–H and O–H groups in total. The average Bonchev–Trinajstić information content (AvgIpc) is 3.29. The van der Waals surface area contributed by atoms with E-state index in [-0.39, 0.29) is 22.8 Å². The molecular weight excluding hydrogens is 408 g/mol. The fourth-order valence-electron chi connectivity index (χ4n) is 3.05. The van der Waals surface area contributed by atoms with Crippen LogP contribution in [0.25, 0.3) is 17.4 Å². The van der Waals surface area contributed by atoms with Crippen molar-refractivity contribution in [1.82, 2.24) is 10.2 Å². The Labute approximate surface area is 176 Å². The minimum Gasteiger partial charge on any atom is -0.478 e. The molecule has 1 saturated heterocycles. The van der Waals surface area contributed by atoms with Crippen LogP contribution >= 0.6 is 11.6 Å². The minimum atomic E-state index is -1.12. The minimum absolute atomic E-state index is 0.00733. The van der Waals surface area contributed by atoms with Crippen molar-refractivity contribution < 1.29 is 23.9 Å². The molecule has 0 saturated carbocycles. The number of carboxylic acid groups (broad SMARTS) is 1. The van der Waals surface area contributed by atoms with Crippen molar-refractivity contribution in [2.75, 3.05) is 0 Å². The molecule has 1 aliphatic heterocycles. The molecule has 2 heterocycles. The highest BCUT2D eigenvalue weighted by molar-refractivity contribution is 6.33. The molecule has 3 aromatic rings. The second kappa shape index (κ2) is 7.88. The van der Waals surface area contributed by atoms with Gasteiger partial charge in [-0.25, -0.2) is 9.59 Å². The van der Waals surface area contributed by atoms with Crippen molar-refractivity contribution >= 4 is 35.6 Å². The van der Waals surface area contributed by atoms with Crippen LogP contribution in [-0.4, -0.2) is 27.9 Å². The van der Waals surface area contributed by atoms with Crippen LogP contribution in [0.15, 0.2) is 70.8 Å². The Bertz CT molecular complexity index is 1180. The van der Waals surface area contributed by atoms with Crippen LogP contribution in [0.1, 0.15) is 21.7 Å². The van der Waals surface area contributed by atoms with Crippen LogP contribution in [0.3, 0.4) is 0 Å². The summed E-state index contributed by atoms with van der Waals surface area (Å²) in [4.78, 5) is 37.0. The summed E-state index contributed by atoms with van der Waals surface area (Å²) in [6, 6.07) is 16.5. The van der Waals surface area contributed by atoms with Gasteiger partial charge in [-0.2, -0.15) is 0 Å². The number of amides is 3. The number of urea groups is 1. The Balaban J connectivity index is 1.54. The van der Waals surface area contributed by atoms with Crippen molar-refractivity contribution in [2.45, 2.75) is 6.54 Å². The first-order valence-electron chi connectivity index (χ1n) is 8.94. The SMILES string of the molecule is O=C(O)c1ccc(-c2ccc(/C=C3\NC(=O)N(Cc4ccccc4)C3=O)o2)cc1Cl. The van der Waals surface area contributed by atoms with Crippen molar-refractivity contribution in [3.63, 3.8) is 0 Å². The first kappa shape index (κ1) is 19.5. The number of nitrogens with zero attached hydrogens (tertiary/aromatic N) is 1. The van der Waals surface area contributed by atoms with Gasteiger partial charge in [-0.1, -0.05) is 48.0 Å². The van der Waals surface area contributed by atoms with Crippen LogP contribution in [0.5, 0.6) is 0 Å². The van der Waals surface area contributed by atoms with Crippen molar-refractivity contribution in [3.05, 3.63) is 88.3 Å². The van der Waals surface area contributed by atoms with E-state index in [2.05, 4.69) is 5.32 Å². The zero-order valence-electron chi connectivity index (χ0n) is 15.5. The molecule has 0 unspecified atom stereocenters. The zero-order chi connectivity index (χ0) is 21.3. The second-order valence-electron chi connectivity index (χ2n) is 6.57. The number of hydrogen-bond acceptors (Lipinski definition) is 4. The highest BCUT2D eigenvalue weighted by Gasteiger charge is 2.33. The van der Waals surface area contributed by atoms with E-state index in [0.717, 1.165) is 10.5 Å². The van der Waals surface area contributed by atoms with Gasteiger partial charge in [-0.05, 0) is 29.8 Å². The predicted molar refractivity (Wildman–Crippen MR) is 110 cm³/mol. The number of rotatable bonds is 5. The summed E-state index contributed by atoms with van der Waals surface area (Å²) in [5.41, 5.74) is 1.52. The molecule has 1 aliphatic rings. The maximum Gasteiger partial charge on any atom is 0.337 e. The molecule has 0 radical (unpaired) electrons. The topological polar surface area (TPSA) is 99.9 Å². The lowest BCUT2D eigenvalue weighted by Crippen LogP contribution is -2.30. The van der Waals surface area contributed by atoms with E-state index in [9.17, 15) is 14.4 Å². The van der Waals surface area contributed by atoms with E-state index in [1.54, 1.807) is 18.2 Å². The van der Waals surface area contributed by atoms with Gasteiger partial charge in [0, 0.05) is 11.6 Å².